The van der Waals surface area contributed by atoms with Crippen LogP contribution in [-0.4, -0.2) is 27.0 Å². The molecule has 2 unspecified atom stereocenters. The minimum Gasteiger partial charge on any atom is -0.384 e. The van der Waals surface area contributed by atoms with Gasteiger partial charge in [0.2, 0.25) is 5.91 Å². The van der Waals surface area contributed by atoms with Gasteiger partial charge in [0.05, 0.1) is 24.2 Å². The normalized spacial score (nSPS) is 31.0. The van der Waals surface area contributed by atoms with E-state index in [0.717, 1.165) is 30.5 Å². The molecule has 2 bridgehead atoms. The second kappa shape index (κ2) is 7.05. The lowest BCUT2D eigenvalue weighted by Crippen LogP contribution is -2.61. The van der Waals surface area contributed by atoms with Gasteiger partial charge in [0, 0.05) is 18.7 Å². The molecule has 9 nitrogen and oxygen atoms in total. The maximum absolute atomic E-state index is 13.2. The van der Waals surface area contributed by atoms with E-state index in [1.165, 1.54) is 0 Å². The quantitative estimate of drug-likeness (QED) is 0.649. The van der Waals surface area contributed by atoms with Crippen LogP contribution in [0.3, 0.4) is 0 Å². The van der Waals surface area contributed by atoms with Crippen LogP contribution in [0.2, 0.25) is 0 Å². The number of hydrogen-bond acceptors (Lipinski definition) is 7. The summed E-state index contributed by atoms with van der Waals surface area (Å²) in [4.78, 5) is 35.2. The number of aryl methyl sites for hydroxylation is 2. The van der Waals surface area contributed by atoms with Gasteiger partial charge in [0.25, 0.3) is 5.56 Å². The summed E-state index contributed by atoms with van der Waals surface area (Å²) in [6, 6.07) is 5.38. The molecule has 7 rings (SSSR count). The Labute approximate surface area is 185 Å². The zero-order valence-corrected chi connectivity index (χ0v) is 17.6. The van der Waals surface area contributed by atoms with E-state index in [2.05, 4.69) is 26.7 Å². The van der Waals surface area contributed by atoms with E-state index in [0.29, 0.717) is 54.5 Å². The van der Waals surface area contributed by atoms with E-state index >= 15 is 0 Å². The van der Waals surface area contributed by atoms with Crippen molar-refractivity contribution in [1.82, 2.24) is 19.9 Å². The summed E-state index contributed by atoms with van der Waals surface area (Å²) >= 11 is 0. The van der Waals surface area contributed by atoms with Gasteiger partial charge >= 0.3 is 0 Å². The number of nitrogens with two attached hydrogens (primary N) is 1. The van der Waals surface area contributed by atoms with Gasteiger partial charge in [0.15, 0.2) is 0 Å². The molecule has 3 fully saturated rings. The van der Waals surface area contributed by atoms with Gasteiger partial charge in [0.1, 0.15) is 23.4 Å². The molecular weight excluding hydrogens is 406 g/mol. The number of carbonyl (C=O) groups is 1. The minimum atomic E-state index is -0.558. The van der Waals surface area contributed by atoms with Crippen LogP contribution in [0.4, 0.5) is 11.5 Å². The molecule has 0 radical (unpaired) electrons. The average Bonchev–Trinajstić information content (AvgIpc) is 3.33. The summed E-state index contributed by atoms with van der Waals surface area (Å²) in [7, 11) is 0. The first-order valence-electron chi connectivity index (χ1n) is 11.3. The largest absolute Gasteiger partial charge is 0.384 e. The molecule has 2 aromatic heterocycles. The van der Waals surface area contributed by atoms with Crippen LogP contribution in [0.25, 0.3) is 0 Å². The summed E-state index contributed by atoms with van der Waals surface area (Å²) in [6.45, 7) is 0.676. The topological polar surface area (TPSA) is 139 Å². The fourth-order valence-corrected chi connectivity index (χ4v) is 5.98. The Bertz CT molecular complexity index is 1210. The Kier molecular flexibility index (Phi) is 4.25. The van der Waals surface area contributed by atoms with E-state index in [1.807, 2.05) is 6.07 Å². The van der Waals surface area contributed by atoms with Crippen molar-refractivity contribution >= 4 is 17.4 Å². The molecule has 3 heterocycles. The number of aromatic nitrogens is 3. The molecule has 9 heteroatoms. The number of nitrogens with zero attached hydrogens (tertiary/aromatic N) is 4. The highest BCUT2D eigenvalue weighted by atomic mass is 16.2. The zero-order chi connectivity index (χ0) is 22.0. The predicted molar refractivity (Wildman–Crippen MR) is 116 cm³/mol. The number of nitriles is 1. The maximum atomic E-state index is 13.2. The Morgan fingerprint density at radius 1 is 1.28 bits per heavy atom. The second-order valence-corrected chi connectivity index (χ2v) is 9.45. The van der Waals surface area contributed by atoms with Gasteiger partial charge in [-0.05, 0) is 55.1 Å². The molecule has 3 saturated carbocycles. The molecule has 4 N–H and O–H groups in total. The molecule has 164 valence electrons. The summed E-state index contributed by atoms with van der Waals surface area (Å²) in [5.74, 6) is 2.55. The van der Waals surface area contributed by atoms with Crippen LogP contribution >= 0.6 is 0 Å². The number of fused-ring (bicyclic) bond motifs is 2. The van der Waals surface area contributed by atoms with Crippen LogP contribution in [0.15, 0.2) is 23.1 Å². The number of nitrogens with one attached hydrogen (secondary N) is 2. The predicted octanol–water partition coefficient (Wildman–Crippen LogP) is 1.33. The van der Waals surface area contributed by atoms with Crippen molar-refractivity contribution in [3.8, 4) is 6.07 Å². The first kappa shape index (κ1) is 19.3. The third-order valence-corrected chi connectivity index (χ3v) is 7.96. The van der Waals surface area contributed by atoms with E-state index in [4.69, 9.17) is 11.0 Å². The first-order chi connectivity index (χ1) is 15.5. The summed E-state index contributed by atoms with van der Waals surface area (Å²) in [5, 5.41) is 15.5. The van der Waals surface area contributed by atoms with Gasteiger partial charge in [-0.25, -0.2) is 9.97 Å². The van der Waals surface area contributed by atoms with Crippen molar-refractivity contribution in [1.29, 1.82) is 5.26 Å². The lowest BCUT2D eigenvalue weighted by atomic mass is 9.41. The lowest BCUT2D eigenvalue weighted by Gasteiger charge is -2.62. The fourth-order valence-electron chi connectivity index (χ4n) is 5.98. The molecule has 4 aliphatic carbocycles. The van der Waals surface area contributed by atoms with E-state index < -0.39 is 6.04 Å². The first-order valence-corrected chi connectivity index (χ1v) is 11.3. The molecule has 4 atom stereocenters. The van der Waals surface area contributed by atoms with Gasteiger partial charge in [-0.3, -0.25) is 14.2 Å². The lowest BCUT2D eigenvalue weighted by molar-refractivity contribution is -0.125. The van der Waals surface area contributed by atoms with Gasteiger partial charge in [-0.2, -0.15) is 5.26 Å². The maximum Gasteiger partial charge on any atom is 0.277 e. The average molecular weight is 432 g/mol. The number of anilines is 2. The SMILES string of the molecule is N#CC1C2CC1C2CNc1cnc2n(c1=O)[C@H](C(=O)N[C@@H]1CCc3nc(N)ccc31)CC2. The third-order valence-electron chi connectivity index (χ3n) is 7.96. The highest BCUT2D eigenvalue weighted by molar-refractivity contribution is 5.81. The van der Waals surface area contributed by atoms with E-state index in [9.17, 15) is 9.59 Å². The summed E-state index contributed by atoms with van der Waals surface area (Å²) < 4.78 is 1.55. The molecule has 5 aliphatic rings. The van der Waals surface area contributed by atoms with Crippen molar-refractivity contribution in [2.45, 2.75) is 44.2 Å². The molecule has 0 aromatic carbocycles. The van der Waals surface area contributed by atoms with Gasteiger partial charge < -0.3 is 16.4 Å². The van der Waals surface area contributed by atoms with Crippen LogP contribution in [0.5, 0.6) is 0 Å². The van der Waals surface area contributed by atoms with E-state index in [-0.39, 0.29) is 23.4 Å². The van der Waals surface area contributed by atoms with Crippen LogP contribution < -0.4 is 21.9 Å². The molecule has 1 amide bonds. The molecule has 1 aliphatic heterocycles. The van der Waals surface area contributed by atoms with Crippen LogP contribution in [-0.2, 0) is 17.6 Å². The summed E-state index contributed by atoms with van der Waals surface area (Å²) in [5.41, 5.74) is 7.94. The van der Waals surface area contributed by atoms with Crippen molar-refractivity contribution < 1.29 is 4.79 Å². The van der Waals surface area contributed by atoms with Crippen molar-refractivity contribution in [2.75, 3.05) is 17.6 Å². The fraction of sp³-hybridized carbons (Fsp3) is 0.522. The van der Waals surface area contributed by atoms with Gasteiger partial charge in [-0.15, -0.1) is 0 Å². The minimum absolute atomic E-state index is 0.113. The number of carbonyl (C=O) groups excluding carboxylic acids is 1. The monoisotopic (exact) mass is 431 g/mol. The second-order valence-electron chi connectivity index (χ2n) is 9.45. The smallest absolute Gasteiger partial charge is 0.277 e. The van der Waals surface area contributed by atoms with Crippen LogP contribution in [0, 0.1) is 35.0 Å². The number of rotatable bonds is 5. The molecule has 2 aromatic rings. The zero-order valence-electron chi connectivity index (χ0n) is 17.6. The van der Waals surface area contributed by atoms with Crippen molar-refractivity contribution in [3.05, 3.63) is 45.8 Å². The number of pyridine rings is 1. The number of amides is 1. The van der Waals surface area contributed by atoms with Gasteiger partial charge in [-0.1, -0.05) is 6.07 Å². The number of hydrogen-bond donors (Lipinski definition) is 3. The molecule has 0 spiro atoms. The van der Waals surface area contributed by atoms with Crippen molar-refractivity contribution in [2.24, 2.45) is 23.7 Å². The van der Waals surface area contributed by atoms with E-state index in [1.54, 1.807) is 16.8 Å². The highest BCUT2D eigenvalue weighted by Crippen LogP contribution is 2.62. The molecular formula is C23H25N7O2. The Morgan fingerprint density at radius 2 is 2.12 bits per heavy atom. The Hall–Kier alpha value is -3.41. The molecule has 32 heavy (non-hydrogen) atoms. The Balaban J connectivity index is 1.16. The highest BCUT2D eigenvalue weighted by Gasteiger charge is 2.61. The van der Waals surface area contributed by atoms with Crippen molar-refractivity contribution in [3.63, 3.8) is 0 Å². The summed E-state index contributed by atoms with van der Waals surface area (Å²) in [6.07, 6.45) is 5.43. The third kappa shape index (κ3) is 2.75. The van der Waals surface area contributed by atoms with Crippen LogP contribution in [0.1, 0.15) is 48.4 Å². The molecule has 0 saturated heterocycles. The standard InChI is InChI=1S/C23H25N7O2/c24-8-14-12-7-13(14)15(12)9-26-18-10-27-21-6-4-19(30(21)23(18)32)22(31)29-17-3-2-16-11(17)1-5-20(25)28-16/h1,5,10,12-15,17,19,26H,2-4,6-7,9H2,(H2,25,28)(H,29,31)/t12?,13?,14?,15?,17-,19+/m1/s1. The Morgan fingerprint density at radius 3 is 2.91 bits per heavy atom. The number of nitrogen functional groups attached to an aromatic ring is 1.